The van der Waals surface area contributed by atoms with Crippen molar-refractivity contribution in [3.8, 4) is 0 Å². The monoisotopic (exact) mass is 463 g/mol. The molecule has 3 N–H and O–H groups in total. The Labute approximate surface area is 180 Å². The summed E-state index contributed by atoms with van der Waals surface area (Å²) in [5.41, 5.74) is 6.85. The Balaban J connectivity index is 1.71. The SMILES string of the molecule is Cc1ccc2[nH]c(S(=O)(=O)N3CC4C(CN)C4C3)c(S(=O)(=O)c3ccccc3F)c2c1. The van der Waals surface area contributed by atoms with Crippen molar-refractivity contribution in [2.45, 2.75) is 21.7 Å². The van der Waals surface area contributed by atoms with Crippen molar-refractivity contribution in [3.05, 3.63) is 53.8 Å². The maximum Gasteiger partial charge on any atom is 0.259 e. The molecule has 164 valence electrons. The third-order valence-electron chi connectivity index (χ3n) is 6.48. The Morgan fingerprint density at radius 3 is 2.42 bits per heavy atom. The molecule has 2 fully saturated rings. The molecule has 1 aromatic heterocycles. The molecule has 0 radical (unpaired) electrons. The highest BCUT2D eigenvalue weighted by Gasteiger charge is 2.57. The Bertz CT molecular complexity index is 1400. The fourth-order valence-electron chi connectivity index (χ4n) is 4.76. The Morgan fingerprint density at radius 2 is 1.77 bits per heavy atom. The van der Waals surface area contributed by atoms with Crippen LogP contribution in [0.4, 0.5) is 4.39 Å². The van der Waals surface area contributed by atoms with E-state index in [9.17, 15) is 21.2 Å². The lowest BCUT2D eigenvalue weighted by molar-refractivity contribution is 0.411. The minimum absolute atomic E-state index is 0.207. The van der Waals surface area contributed by atoms with Gasteiger partial charge < -0.3 is 10.7 Å². The van der Waals surface area contributed by atoms with E-state index in [-0.39, 0.29) is 17.2 Å². The van der Waals surface area contributed by atoms with Crippen molar-refractivity contribution in [3.63, 3.8) is 0 Å². The van der Waals surface area contributed by atoms with Crippen molar-refractivity contribution in [2.75, 3.05) is 19.6 Å². The molecular weight excluding hydrogens is 441 g/mol. The molecule has 2 aliphatic rings. The van der Waals surface area contributed by atoms with E-state index in [0.717, 1.165) is 17.7 Å². The van der Waals surface area contributed by atoms with Gasteiger partial charge in [-0.1, -0.05) is 23.8 Å². The van der Waals surface area contributed by atoms with Crippen LogP contribution in [0.15, 0.2) is 57.3 Å². The molecular formula is C21H22FN3O4S2. The molecule has 31 heavy (non-hydrogen) atoms. The molecule has 1 saturated carbocycles. The largest absolute Gasteiger partial charge is 0.343 e. The first-order valence-corrected chi connectivity index (χ1v) is 12.9. The number of sulfonamides is 1. The van der Waals surface area contributed by atoms with E-state index in [1.165, 1.54) is 16.4 Å². The van der Waals surface area contributed by atoms with Gasteiger partial charge in [-0.25, -0.2) is 21.2 Å². The number of H-pyrrole nitrogens is 1. The zero-order valence-electron chi connectivity index (χ0n) is 16.7. The first kappa shape index (κ1) is 20.6. The molecule has 1 aliphatic carbocycles. The van der Waals surface area contributed by atoms with Crippen LogP contribution in [0.5, 0.6) is 0 Å². The molecule has 0 amide bonds. The second kappa shape index (κ2) is 6.86. The summed E-state index contributed by atoms with van der Waals surface area (Å²) >= 11 is 0. The van der Waals surface area contributed by atoms with Crippen molar-refractivity contribution in [1.29, 1.82) is 0 Å². The third-order valence-corrected chi connectivity index (χ3v) is 10.3. The molecule has 0 spiro atoms. The van der Waals surface area contributed by atoms with Gasteiger partial charge in [-0.05, 0) is 55.5 Å². The molecule has 2 atom stereocenters. The number of aromatic nitrogens is 1. The number of sulfone groups is 1. The number of nitrogens with zero attached hydrogens (tertiary/aromatic N) is 1. The van der Waals surface area contributed by atoms with Crippen molar-refractivity contribution < 1.29 is 21.2 Å². The first-order valence-electron chi connectivity index (χ1n) is 9.98. The number of aryl methyl sites for hydroxylation is 1. The van der Waals surface area contributed by atoms with Gasteiger partial charge in [-0.15, -0.1) is 0 Å². The average molecular weight is 464 g/mol. The molecule has 0 bridgehead atoms. The van der Waals surface area contributed by atoms with Crippen LogP contribution in [0.3, 0.4) is 0 Å². The minimum atomic E-state index is -4.46. The molecule has 1 saturated heterocycles. The van der Waals surface area contributed by atoms with E-state index in [4.69, 9.17) is 5.73 Å². The van der Waals surface area contributed by atoms with E-state index < -0.39 is 40.5 Å². The number of benzene rings is 2. The van der Waals surface area contributed by atoms with Crippen LogP contribution in [0.25, 0.3) is 10.9 Å². The zero-order chi connectivity index (χ0) is 22.1. The number of nitrogens with one attached hydrogen (secondary N) is 1. The number of nitrogens with two attached hydrogens (primary N) is 1. The van der Waals surface area contributed by atoms with Crippen LogP contribution in [0.1, 0.15) is 5.56 Å². The lowest BCUT2D eigenvalue weighted by Gasteiger charge is -2.19. The summed E-state index contributed by atoms with van der Waals surface area (Å²) < 4.78 is 69.9. The molecule has 2 unspecified atom stereocenters. The third kappa shape index (κ3) is 3.04. The number of hydrogen-bond donors (Lipinski definition) is 2. The van der Waals surface area contributed by atoms with Crippen molar-refractivity contribution in [1.82, 2.24) is 9.29 Å². The average Bonchev–Trinajstić information content (AvgIpc) is 3.05. The maximum absolute atomic E-state index is 14.5. The highest BCUT2D eigenvalue weighted by molar-refractivity contribution is 7.93. The lowest BCUT2D eigenvalue weighted by atomic mass is 10.2. The van der Waals surface area contributed by atoms with Crippen molar-refractivity contribution >= 4 is 30.8 Å². The van der Waals surface area contributed by atoms with Gasteiger partial charge in [0.15, 0.2) is 5.03 Å². The predicted molar refractivity (Wildman–Crippen MR) is 113 cm³/mol. The van der Waals surface area contributed by atoms with Gasteiger partial charge in [-0.2, -0.15) is 4.31 Å². The van der Waals surface area contributed by atoms with E-state index in [0.29, 0.717) is 31.1 Å². The fraction of sp³-hybridized carbons (Fsp3) is 0.333. The molecule has 2 aromatic carbocycles. The fourth-order valence-corrected chi connectivity index (χ4v) is 8.54. The number of halogens is 1. The summed E-state index contributed by atoms with van der Waals surface area (Å²) in [6, 6.07) is 9.97. The van der Waals surface area contributed by atoms with E-state index in [1.54, 1.807) is 25.1 Å². The number of fused-ring (bicyclic) bond motifs is 2. The smallest absolute Gasteiger partial charge is 0.259 e. The van der Waals surface area contributed by atoms with Crippen LogP contribution in [-0.4, -0.2) is 45.8 Å². The van der Waals surface area contributed by atoms with Gasteiger partial charge in [0.05, 0.1) is 0 Å². The van der Waals surface area contributed by atoms with Gasteiger partial charge in [0.1, 0.15) is 15.6 Å². The molecule has 2 heterocycles. The van der Waals surface area contributed by atoms with E-state index in [2.05, 4.69) is 4.98 Å². The Morgan fingerprint density at radius 1 is 1.10 bits per heavy atom. The number of rotatable bonds is 5. The van der Waals surface area contributed by atoms with Gasteiger partial charge in [-0.3, -0.25) is 0 Å². The van der Waals surface area contributed by atoms with Crippen LogP contribution in [0, 0.1) is 30.5 Å². The Kier molecular flexibility index (Phi) is 4.57. The van der Waals surface area contributed by atoms with Gasteiger partial charge in [0, 0.05) is 24.0 Å². The van der Waals surface area contributed by atoms with E-state index in [1.807, 2.05) is 0 Å². The second-order valence-electron chi connectivity index (χ2n) is 8.32. The number of aromatic amines is 1. The van der Waals surface area contributed by atoms with Crippen LogP contribution < -0.4 is 5.73 Å². The lowest BCUT2D eigenvalue weighted by Crippen LogP contribution is -2.33. The zero-order valence-corrected chi connectivity index (χ0v) is 18.4. The molecule has 7 nitrogen and oxygen atoms in total. The standard InChI is InChI=1S/C21H22FN3O4S2/c1-12-6-7-18-13(8-12)20(30(26,27)19-5-3-2-4-17(19)22)21(24-18)31(28,29)25-10-15-14(9-23)16(15)11-25/h2-8,14-16,24H,9-11,23H2,1H3. The van der Waals surface area contributed by atoms with Gasteiger partial charge in [0.2, 0.25) is 9.84 Å². The van der Waals surface area contributed by atoms with Gasteiger partial charge in [0.25, 0.3) is 10.0 Å². The Hall–Kier alpha value is -2.27. The highest BCUT2D eigenvalue weighted by atomic mass is 32.2. The van der Waals surface area contributed by atoms with Crippen molar-refractivity contribution in [2.24, 2.45) is 23.5 Å². The summed E-state index contributed by atoms with van der Waals surface area (Å²) in [6.07, 6.45) is 0. The summed E-state index contributed by atoms with van der Waals surface area (Å²) in [5.74, 6) is -0.199. The molecule has 10 heteroatoms. The second-order valence-corrected chi connectivity index (χ2v) is 12.0. The number of hydrogen-bond acceptors (Lipinski definition) is 5. The predicted octanol–water partition coefficient (Wildman–Crippen LogP) is 2.27. The first-order chi connectivity index (χ1) is 14.7. The maximum atomic E-state index is 14.5. The topological polar surface area (TPSA) is 113 Å². The highest BCUT2D eigenvalue weighted by Crippen LogP contribution is 2.52. The summed E-state index contributed by atoms with van der Waals surface area (Å²) in [4.78, 5) is 1.84. The summed E-state index contributed by atoms with van der Waals surface area (Å²) in [7, 11) is -8.61. The molecule has 3 aromatic rings. The van der Waals surface area contributed by atoms with E-state index >= 15 is 0 Å². The molecule has 1 aliphatic heterocycles. The minimum Gasteiger partial charge on any atom is -0.343 e. The van der Waals surface area contributed by atoms with Crippen LogP contribution in [0.2, 0.25) is 0 Å². The number of piperidine rings is 1. The van der Waals surface area contributed by atoms with Gasteiger partial charge >= 0.3 is 0 Å². The normalized spacial score (nSPS) is 23.9. The van der Waals surface area contributed by atoms with Crippen LogP contribution in [-0.2, 0) is 19.9 Å². The van der Waals surface area contributed by atoms with Crippen LogP contribution >= 0.6 is 0 Å². The summed E-state index contributed by atoms with van der Waals surface area (Å²) in [6.45, 7) is 2.91. The molecule has 5 rings (SSSR count). The summed E-state index contributed by atoms with van der Waals surface area (Å²) in [5, 5.41) is -0.187. The quantitative estimate of drug-likeness (QED) is 0.603.